The lowest BCUT2D eigenvalue weighted by Crippen LogP contribution is -2.38. The Morgan fingerprint density at radius 1 is 0.811 bits per heavy atom. The van der Waals surface area contributed by atoms with Gasteiger partial charge >= 0.3 is 0 Å². The number of rotatable bonds is 11. The number of nitriles is 1. The average Bonchev–Trinajstić information content (AvgIpc) is 2.95. The third-order valence-corrected chi connectivity index (χ3v) is 9.52. The van der Waals surface area contributed by atoms with Gasteiger partial charge in [-0.1, -0.05) is 94.5 Å². The van der Waals surface area contributed by atoms with Crippen molar-refractivity contribution >= 4 is 5.78 Å². The van der Waals surface area contributed by atoms with Crippen molar-refractivity contribution in [2.75, 3.05) is 0 Å². The van der Waals surface area contributed by atoms with E-state index in [1.165, 1.54) is 60.8 Å². The molecule has 0 radical (unpaired) electrons. The van der Waals surface area contributed by atoms with Crippen LogP contribution >= 0.6 is 0 Å². The molecule has 0 bridgehead atoms. The summed E-state index contributed by atoms with van der Waals surface area (Å²) in [5, 5.41) is 10.2. The fourth-order valence-corrected chi connectivity index (χ4v) is 7.02. The van der Waals surface area contributed by atoms with Gasteiger partial charge in [0.25, 0.3) is 0 Å². The standard InChI is InChI=1S/C35H47NO/c1-3-5-6-7-8-10-27-11-13-28(14-12-27)29-15-17-30(18-16-29)31-21-23-35(26-36,24-22-31)33-20-19-32(9-4-2)34(37)25-33/h11-18,31-33H,3-10,19-25H2,1-2H3/t31?,32-,33?,35?/m1/s1. The smallest absolute Gasteiger partial charge is 0.136 e. The molecule has 0 N–H and O–H groups in total. The van der Waals surface area contributed by atoms with Crippen molar-refractivity contribution in [3.8, 4) is 17.2 Å². The van der Waals surface area contributed by atoms with Crippen molar-refractivity contribution in [2.24, 2.45) is 17.3 Å². The first-order chi connectivity index (χ1) is 18.1. The third kappa shape index (κ3) is 6.93. The number of ketones is 1. The maximum absolute atomic E-state index is 12.7. The summed E-state index contributed by atoms with van der Waals surface area (Å²) in [5.41, 5.74) is 5.13. The molecule has 0 aliphatic heterocycles. The summed E-state index contributed by atoms with van der Waals surface area (Å²) < 4.78 is 0. The summed E-state index contributed by atoms with van der Waals surface area (Å²) in [6, 6.07) is 21.0. The minimum atomic E-state index is -0.291. The number of hydrogen-bond donors (Lipinski definition) is 0. The van der Waals surface area contributed by atoms with E-state index >= 15 is 0 Å². The maximum Gasteiger partial charge on any atom is 0.136 e. The molecule has 4 rings (SSSR count). The highest BCUT2D eigenvalue weighted by Crippen LogP contribution is 2.51. The predicted octanol–water partition coefficient (Wildman–Crippen LogP) is 9.82. The maximum atomic E-state index is 12.7. The van der Waals surface area contributed by atoms with Crippen LogP contribution in [0.1, 0.15) is 121 Å². The lowest BCUT2D eigenvalue weighted by molar-refractivity contribution is -0.128. The van der Waals surface area contributed by atoms with Gasteiger partial charge in [-0.3, -0.25) is 4.79 Å². The van der Waals surface area contributed by atoms with Gasteiger partial charge in [0.05, 0.1) is 11.5 Å². The Bertz CT molecular complexity index is 1020. The van der Waals surface area contributed by atoms with Crippen molar-refractivity contribution < 1.29 is 4.79 Å². The quantitative estimate of drug-likeness (QED) is 0.290. The van der Waals surface area contributed by atoms with Crippen LogP contribution in [-0.4, -0.2) is 5.78 Å². The van der Waals surface area contributed by atoms with Crippen LogP contribution in [0.2, 0.25) is 0 Å². The average molecular weight is 498 g/mol. The van der Waals surface area contributed by atoms with E-state index in [1.54, 1.807) is 0 Å². The number of carbonyl (C=O) groups is 1. The second kappa shape index (κ2) is 13.4. The molecule has 198 valence electrons. The van der Waals surface area contributed by atoms with Gasteiger partial charge in [0.2, 0.25) is 0 Å². The van der Waals surface area contributed by atoms with E-state index in [-0.39, 0.29) is 17.3 Å². The molecule has 2 heteroatoms. The van der Waals surface area contributed by atoms with Gasteiger partial charge in [-0.05, 0) is 91.9 Å². The lowest BCUT2D eigenvalue weighted by Gasteiger charge is -2.43. The van der Waals surface area contributed by atoms with Gasteiger partial charge in [-0.25, -0.2) is 0 Å². The molecule has 0 heterocycles. The molecular weight excluding hydrogens is 450 g/mol. The van der Waals surface area contributed by atoms with Gasteiger partial charge in [0.1, 0.15) is 5.78 Å². The van der Waals surface area contributed by atoms with E-state index in [0.717, 1.165) is 51.4 Å². The predicted molar refractivity (Wildman–Crippen MR) is 154 cm³/mol. The zero-order chi connectivity index (χ0) is 26.1. The Morgan fingerprint density at radius 3 is 2.05 bits per heavy atom. The van der Waals surface area contributed by atoms with Crippen molar-refractivity contribution in [2.45, 2.75) is 116 Å². The molecule has 0 amide bonds. The Labute approximate surface area is 225 Å². The molecule has 2 aromatic rings. The monoisotopic (exact) mass is 497 g/mol. The Hall–Kier alpha value is -2.40. The minimum Gasteiger partial charge on any atom is -0.299 e. The van der Waals surface area contributed by atoms with Crippen molar-refractivity contribution in [3.63, 3.8) is 0 Å². The zero-order valence-electron chi connectivity index (χ0n) is 23.3. The van der Waals surface area contributed by atoms with E-state index in [4.69, 9.17) is 0 Å². The number of Topliss-reactive ketones (excluding diaryl/α,β-unsaturated/α-hetero) is 1. The number of unbranched alkanes of at least 4 members (excludes halogenated alkanes) is 4. The lowest BCUT2D eigenvalue weighted by atomic mass is 9.59. The molecule has 1 unspecified atom stereocenters. The molecule has 37 heavy (non-hydrogen) atoms. The van der Waals surface area contributed by atoms with Gasteiger partial charge in [0.15, 0.2) is 0 Å². The van der Waals surface area contributed by atoms with E-state index in [9.17, 15) is 10.1 Å². The fourth-order valence-electron chi connectivity index (χ4n) is 7.02. The summed E-state index contributed by atoms with van der Waals surface area (Å²) in [5.74, 6) is 1.46. The summed E-state index contributed by atoms with van der Waals surface area (Å²) in [6.07, 6.45) is 16.6. The van der Waals surface area contributed by atoms with Crippen LogP contribution in [0.25, 0.3) is 11.1 Å². The van der Waals surface area contributed by atoms with E-state index < -0.39 is 0 Å². The van der Waals surface area contributed by atoms with Crippen molar-refractivity contribution in [3.05, 3.63) is 59.7 Å². The Kier molecular flexibility index (Phi) is 10.0. The van der Waals surface area contributed by atoms with Crippen molar-refractivity contribution in [1.82, 2.24) is 0 Å². The van der Waals surface area contributed by atoms with Crippen molar-refractivity contribution in [1.29, 1.82) is 5.26 Å². The molecule has 2 aliphatic rings. The molecule has 2 saturated carbocycles. The van der Waals surface area contributed by atoms with Crippen LogP contribution in [0.15, 0.2) is 48.5 Å². The first-order valence-corrected chi connectivity index (χ1v) is 15.2. The van der Waals surface area contributed by atoms with Crippen LogP contribution in [0, 0.1) is 28.6 Å². The van der Waals surface area contributed by atoms with E-state index in [0.29, 0.717) is 18.1 Å². The second-order valence-corrected chi connectivity index (χ2v) is 12.0. The molecule has 2 aromatic carbocycles. The first-order valence-electron chi connectivity index (χ1n) is 15.2. The molecule has 0 aromatic heterocycles. The highest BCUT2D eigenvalue weighted by Gasteiger charge is 2.45. The Balaban J connectivity index is 1.30. The first kappa shape index (κ1) is 27.6. The van der Waals surface area contributed by atoms with E-state index in [1.807, 2.05) is 0 Å². The number of aryl methyl sites for hydroxylation is 1. The van der Waals surface area contributed by atoms with Gasteiger partial charge in [-0.15, -0.1) is 0 Å². The highest BCUT2D eigenvalue weighted by atomic mass is 16.1. The largest absolute Gasteiger partial charge is 0.299 e. The number of carbonyl (C=O) groups excluding carboxylic acids is 1. The molecule has 2 nitrogen and oxygen atoms in total. The van der Waals surface area contributed by atoms with Gasteiger partial charge < -0.3 is 0 Å². The van der Waals surface area contributed by atoms with Crippen LogP contribution < -0.4 is 0 Å². The topological polar surface area (TPSA) is 40.9 Å². The number of nitrogens with zero attached hydrogens (tertiary/aromatic N) is 1. The Morgan fingerprint density at radius 2 is 1.46 bits per heavy atom. The molecular formula is C35H47NO. The van der Waals surface area contributed by atoms with Crippen LogP contribution in [-0.2, 0) is 11.2 Å². The minimum absolute atomic E-state index is 0.249. The van der Waals surface area contributed by atoms with Crippen LogP contribution in [0.3, 0.4) is 0 Å². The molecule has 0 spiro atoms. The highest BCUT2D eigenvalue weighted by molar-refractivity contribution is 5.82. The normalized spacial score (nSPS) is 26.1. The van der Waals surface area contributed by atoms with Crippen LogP contribution in [0.4, 0.5) is 0 Å². The summed E-state index contributed by atoms with van der Waals surface area (Å²) in [4.78, 5) is 12.7. The molecule has 2 atom stereocenters. The third-order valence-electron chi connectivity index (χ3n) is 9.52. The molecule has 2 aliphatic carbocycles. The molecule has 2 fully saturated rings. The van der Waals surface area contributed by atoms with Gasteiger partial charge in [0, 0.05) is 12.3 Å². The fraction of sp³-hybridized carbons (Fsp3) is 0.600. The van der Waals surface area contributed by atoms with Crippen LogP contribution in [0.5, 0.6) is 0 Å². The van der Waals surface area contributed by atoms with E-state index in [2.05, 4.69) is 68.4 Å². The number of benzene rings is 2. The summed E-state index contributed by atoms with van der Waals surface area (Å²) in [6.45, 7) is 4.43. The van der Waals surface area contributed by atoms with Gasteiger partial charge in [-0.2, -0.15) is 5.26 Å². The summed E-state index contributed by atoms with van der Waals surface area (Å²) >= 11 is 0. The SMILES string of the molecule is CCCCCCCc1ccc(-c2ccc(C3CCC(C#N)(C4CC[C@@H](CCC)C(=O)C4)CC3)cc2)cc1. The molecule has 0 saturated heterocycles. The zero-order valence-corrected chi connectivity index (χ0v) is 23.3. The summed E-state index contributed by atoms with van der Waals surface area (Å²) in [7, 11) is 0. The number of hydrogen-bond acceptors (Lipinski definition) is 2. The second-order valence-electron chi connectivity index (χ2n) is 12.0.